The maximum Gasteiger partial charge on any atom is 0.176 e. The van der Waals surface area contributed by atoms with Gasteiger partial charge < -0.3 is 13.9 Å². The fraction of sp³-hybridized carbons (Fsp3) is 0.0556. The van der Waals surface area contributed by atoms with Gasteiger partial charge in [-0.05, 0) is 24.3 Å². The van der Waals surface area contributed by atoms with Crippen molar-refractivity contribution in [1.82, 2.24) is 10.2 Å². The van der Waals surface area contributed by atoms with Crippen molar-refractivity contribution in [3.8, 4) is 0 Å². The van der Waals surface area contributed by atoms with Gasteiger partial charge >= 0.3 is 0 Å². The zero-order chi connectivity index (χ0) is 17.1. The first-order chi connectivity index (χ1) is 12.3. The first kappa shape index (κ1) is 15.1. The van der Waals surface area contributed by atoms with Crippen LogP contribution in [0, 0.1) is 0 Å². The molecule has 1 aromatic carbocycles. The number of rotatable bonds is 5. The summed E-state index contributed by atoms with van der Waals surface area (Å²) < 4.78 is 10.7. The normalized spacial score (nSPS) is 13.1. The predicted octanol–water partition coefficient (Wildman–Crippen LogP) is 3.37. The van der Waals surface area contributed by atoms with Gasteiger partial charge in [0, 0.05) is 10.8 Å². The quantitative estimate of drug-likeness (QED) is 0.429. The molecule has 0 aliphatic carbocycles. The second-order valence-electron chi connectivity index (χ2n) is 5.28. The number of hydrazone groups is 1. The maximum atomic E-state index is 10.6. The third kappa shape index (κ3) is 3.00. The minimum atomic E-state index is -1.09. The largest absolute Gasteiger partial charge is 0.466 e. The molecule has 0 spiro atoms. The number of hydrogen-bond acceptors (Lipinski definition) is 7. The summed E-state index contributed by atoms with van der Waals surface area (Å²) in [6.45, 7) is 0. The molecule has 0 aliphatic rings. The minimum Gasteiger partial charge on any atom is -0.466 e. The van der Waals surface area contributed by atoms with Crippen LogP contribution in [-0.4, -0.2) is 21.0 Å². The van der Waals surface area contributed by atoms with Crippen LogP contribution in [0.2, 0.25) is 0 Å². The average molecular weight is 334 g/mol. The summed E-state index contributed by atoms with van der Waals surface area (Å²) in [5.74, 6) is 1.26. The Labute approximate surface area is 142 Å². The summed E-state index contributed by atoms with van der Waals surface area (Å²) in [7, 11) is 0. The Morgan fingerprint density at radius 3 is 2.68 bits per heavy atom. The molecule has 0 aliphatic heterocycles. The van der Waals surface area contributed by atoms with Gasteiger partial charge in [-0.15, -0.1) is 5.10 Å². The topological polar surface area (TPSA) is 96.7 Å². The van der Waals surface area contributed by atoms with Crippen molar-refractivity contribution in [3.63, 3.8) is 0 Å². The molecule has 1 atom stereocenters. The van der Waals surface area contributed by atoms with E-state index in [0.717, 1.165) is 10.8 Å². The van der Waals surface area contributed by atoms with Gasteiger partial charge in [-0.25, -0.2) is 0 Å². The van der Waals surface area contributed by atoms with Crippen LogP contribution in [-0.2, 0) is 0 Å². The number of nitrogens with zero attached hydrogens (tertiary/aromatic N) is 3. The predicted molar refractivity (Wildman–Crippen MR) is 92.1 cm³/mol. The molecule has 25 heavy (non-hydrogen) atoms. The molecule has 0 bridgehead atoms. The molecule has 2 N–H and O–H groups in total. The molecule has 0 unspecified atom stereocenters. The lowest BCUT2D eigenvalue weighted by molar-refractivity contribution is 0.213. The highest BCUT2D eigenvalue weighted by atomic mass is 16.4. The van der Waals surface area contributed by atoms with E-state index < -0.39 is 6.10 Å². The lowest BCUT2D eigenvalue weighted by atomic mass is 10.1. The maximum absolute atomic E-state index is 10.6. The van der Waals surface area contributed by atoms with Gasteiger partial charge in [-0.1, -0.05) is 24.3 Å². The van der Waals surface area contributed by atoms with E-state index in [1.807, 2.05) is 24.3 Å². The van der Waals surface area contributed by atoms with Crippen LogP contribution in [0.4, 0.5) is 5.82 Å². The summed E-state index contributed by atoms with van der Waals surface area (Å²) in [6, 6.07) is 14.5. The van der Waals surface area contributed by atoms with E-state index in [4.69, 9.17) is 8.83 Å². The highest BCUT2D eigenvalue weighted by Crippen LogP contribution is 2.22. The number of nitrogens with one attached hydrogen (secondary N) is 1. The van der Waals surface area contributed by atoms with E-state index in [0.29, 0.717) is 17.3 Å². The summed E-state index contributed by atoms with van der Waals surface area (Å²) in [5.41, 5.74) is 3.14. The van der Waals surface area contributed by atoms with Gasteiger partial charge in [0.25, 0.3) is 0 Å². The minimum absolute atomic E-state index is 0.273. The number of aliphatic hydroxyl groups is 1. The van der Waals surface area contributed by atoms with E-state index in [1.165, 1.54) is 12.5 Å². The van der Waals surface area contributed by atoms with Gasteiger partial charge in [0.2, 0.25) is 0 Å². The number of aromatic nitrogens is 2. The van der Waals surface area contributed by atoms with Crippen LogP contribution in [0.1, 0.15) is 17.6 Å². The van der Waals surface area contributed by atoms with Crippen molar-refractivity contribution in [2.75, 3.05) is 5.43 Å². The van der Waals surface area contributed by atoms with Crippen molar-refractivity contribution >= 4 is 22.3 Å². The van der Waals surface area contributed by atoms with Crippen LogP contribution in [0.25, 0.3) is 10.8 Å². The van der Waals surface area contributed by atoms with E-state index in [1.54, 1.807) is 30.5 Å². The molecule has 3 heterocycles. The molecule has 0 radical (unpaired) electrons. The number of fused-ring (bicyclic) bond motifs is 1. The molecule has 124 valence electrons. The van der Waals surface area contributed by atoms with Crippen molar-refractivity contribution in [3.05, 3.63) is 78.8 Å². The Morgan fingerprint density at radius 2 is 1.88 bits per heavy atom. The summed E-state index contributed by atoms with van der Waals surface area (Å²) in [6.07, 6.45) is 3.59. The van der Waals surface area contributed by atoms with Crippen LogP contribution < -0.4 is 5.43 Å². The molecule has 0 saturated carbocycles. The third-order valence-corrected chi connectivity index (χ3v) is 3.70. The summed E-state index contributed by atoms with van der Waals surface area (Å²) in [5, 5.41) is 24.7. The summed E-state index contributed by atoms with van der Waals surface area (Å²) in [4.78, 5) is 0. The highest BCUT2D eigenvalue weighted by Gasteiger charge is 2.22. The van der Waals surface area contributed by atoms with E-state index in [-0.39, 0.29) is 5.71 Å². The smallest absolute Gasteiger partial charge is 0.176 e. The van der Waals surface area contributed by atoms with Crippen LogP contribution in [0.5, 0.6) is 0 Å². The number of aliphatic hydroxyl groups excluding tert-OH is 1. The monoisotopic (exact) mass is 334 g/mol. The average Bonchev–Trinajstić information content (AvgIpc) is 3.36. The number of anilines is 1. The second kappa shape index (κ2) is 6.58. The molecule has 7 nitrogen and oxygen atoms in total. The molecular weight excluding hydrogens is 320 g/mol. The lowest BCUT2D eigenvalue weighted by Gasteiger charge is -2.10. The van der Waals surface area contributed by atoms with Crippen LogP contribution >= 0.6 is 0 Å². The second-order valence-corrected chi connectivity index (χ2v) is 5.28. The molecule has 0 saturated heterocycles. The Kier molecular flexibility index (Phi) is 3.97. The van der Waals surface area contributed by atoms with Gasteiger partial charge in [-0.2, -0.15) is 10.2 Å². The van der Waals surface area contributed by atoms with Gasteiger partial charge in [0.15, 0.2) is 17.7 Å². The highest BCUT2D eigenvalue weighted by molar-refractivity contribution is 6.02. The fourth-order valence-electron chi connectivity index (χ4n) is 2.48. The van der Waals surface area contributed by atoms with E-state index in [2.05, 4.69) is 20.7 Å². The zero-order valence-electron chi connectivity index (χ0n) is 13.0. The molecule has 0 fully saturated rings. The lowest BCUT2D eigenvalue weighted by Crippen LogP contribution is -2.15. The first-order valence-corrected chi connectivity index (χ1v) is 7.62. The standard InChI is InChI=1S/C18H14N4O3/c23-17(15-8-4-10-25-15)16(14-7-3-9-24-14)20-22-18-13-6-2-1-5-12(13)11-19-21-18/h1-11,17,23H,(H,21,22)/b20-16+/t17-/m0/s1. The Morgan fingerprint density at radius 1 is 1.04 bits per heavy atom. The molecule has 7 heteroatoms. The van der Waals surface area contributed by atoms with Crippen molar-refractivity contribution < 1.29 is 13.9 Å². The fourth-order valence-corrected chi connectivity index (χ4v) is 2.48. The molecular formula is C18H14N4O3. The van der Waals surface area contributed by atoms with Crippen molar-refractivity contribution in [1.29, 1.82) is 0 Å². The van der Waals surface area contributed by atoms with Crippen LogP contribution in [0.15, 0.2) is 81.2 Å². The molecule has 4 aromatic rings. The Hall–Kier alpha value is -3.45. The van der Waals surface area contributed by atoms with Gasteiger partial charge in [-0.3, -0.25) is 5.43 Å². The molecule has 4 rings (SSSR count). The number of hydrogen-bond donors (Lipinski definition) is 2. The number of benzene rings is 1. The van der Waals surface area contributed by atoms with Gasteiger partial charge in [0.1, 0.15) is 11.5 Å². The van der Waals surface area contributed by atoms with Gasteiger partial charge in [0.05, 0.1) is 18.7 Å². The molecule has 3 aromatic heterocycles. The van der Waals surface area contributed by atoms with E-state index >= 15 is 0 Å². The molecule has 0 amide bonds. The third-order valence-electron chi connectivity index (χ3n) is 3.70. The van der Waals surface area contributed by atoms with Crippen molar-refractivity contribution in [2.24, 2.45) is 5.10 Å². The first-order valence-electron chi connectivity index (χ1n) is 7.62. The van der Waals surface area contributed by atoms with Crippen LogP contribution in [0.3, 0.4) is 0 Å². The van der Waals surface area contributed by atoms with Crippen molar-refractivity contribution in [2.45, 2.75) is 6.10 Å². The van der Waals surface area contributed by atoms with E-state index in [9.17, 15) is 5.11 Å². The SMILES string of the molecule is O[C@H](/C(=N/Nc1nncc2ccccc12)c1ccco1)c1ccco1. The Balaban J connectivity index is 1.72. The Bertz CT molecular complexity index is 989. The summed E-state index contributed by atoms with van der Waals surface area (Å²) >= 11 is 0. The zero-order valence-corrected chi connectivity index (χ0v) is 13.0. The number of furan rings is 2.